The molecule has 5 heteroatoms. The Labute approximate surface area is 139 Å². The lowest BCUT2D eigenvalue weighted by molar-refractivity contribution is 0.0928. The Morgan fingerprint density at radius 1 is 1.09 bits per heavy atom. The molecule has 0 unspecified atom stereocenters. The lowest BCUT2D eigenvalue weighted by atomic mass is 10.2. The maximum Gasteiger partial charge on any atom is 0.278 e. The molecule has 0 aliphatic heterocycles. The SMILES string of the molecule is C[C@@H](Oc1ccc(Cl)cc1)c1ccnn1C(=O)c1ccccc1. The molecule has 2 aromatic carbocycles. The number of carbonyl (C=O) groups is 1. The fourth-order valence-corrected chi connectivity index (χ4v) is 2.40. The van der Waals surface area contributed by atoms with Gasteiger partial charge in [-0.25, -0.2) is 0 Å². The van der Waals surface area contributed by atoms with E-state index in [0.717, 1.165) is 0 Å². The van der Waals surface area contributed by atoms with Crippen LogP contribution in [0.15, 0.2) is 66.9 Å². The Bertz CT molecular complexity index is 797. The molecule has 0 saturated carbocycles. The van der Waals surface area contributed by atoms with E-state index in [0.29, 0.717) is 22.0 Å². The molecule has 0 fully saturated rings. The van der Waals surface area contributed by atoms with Gasteiger partial charge in [-0.3, -0.25) is 4.79 Å². The number of halogens is 1. The highest BCUT2D eigenvalue weighted by Gasteiger charge is 2.18. The van der Waals surface area contributed by atoms with Crippen LogP contribution in [0.3, 0.4) is 0 Å². The van der Waals surface area contributed by atoms with Crippen LogP contribution in [0.2, 0.25) is 5.02 Å². The topological polar surface area (TPSA) is 44.1 Å². The zero-order chi connectivity index (χ0) is 16.2. The molecule has 3 aromatic rings. The fourth-order valence-electron chi connectivity index (χ4n) is 2.27. The minimum absolute atomic E-state index is 0.183. The van der Waals surface area contributed by atoms with Gasteiger partial charge in [0, 0.05) is 16.8 Å². The molecule has 1 aromatic heterocycles. The van der Waals surface area contributed by atoms with Crippen molar-refractivity contribution in [3.63, 3.8) is 0 Å². The van der Waals surface area contributed by atoms with Gasteiger partial charge in [-0.15, -0.1) is 0 Å². The van der Waals surface area contributed by atoms with Crippen LogP contribution in [-0.4, -0.2) is 15.7 Å². The Morgan fingerprint density at radius 2 is 1.78 bits per heavy atom. The Balaban J connectivity index is 1.82. The Morgan fingerprint density at radius 3 is 2.48 bits per heavy atom. The maximum atomic E-state index is 12.6. The van der Waals surface area contributed by atoms with Crippen LogP contribution < -0.4 is 4.74 Å². The summed E-state index contributed by atoms with van der Waals surface area (Å²) in [7, 11) is 0. The maximum absolute atomic E-state index is 12.6. The number of benzene rings is 2. The minimum Gasteiger partial charge on any atom is -0.484 e. The number of aromatic nitrogens is 2. The average Bonchev–Trinajstić information content (AvgIpc) is 3.07. The first-order chi connectivity index (χ1) is 11.1. The number of hydrogen-bond donors (Lipinski definition) is 0. The standard InChI is InChI=1S/C18H15ClN2O2/c1-13(23-16-9-7-15(19)8-10-16)17-11-12-20-21(17)18(22)14-5-3-2-4-6-14/h2-13H,1H3/t13-/m1/s1. The normalized spacial score (nSPS) is 11.9. The van der Waals surface area contributed by atoms with Crippen LogP contribution in [0.1, 0.15) is 29.1 Å². The first-order valence-electron chi connectivity index (χ1n) is 7.21. The first kappa shape index (κ1) is 15.3. The molecule has 0 saturated heterocycles. The van der Waals surface area contributed by atoms with Gasteiger partial charge in [0.2, 0.25) is 0 Å². The van der Waals surface area contributed by atoms with Crippen molar-refractivity contribution < 1.29 is 9.53 Å². The first-order valence-corrected chi connectivity index (χ1v) is 7.59. The number of ether oxygens (including phenoxy) is 1. The van der Waals surface area contributed by atoms with Crippen LogP contribution in [0, 0.1) is 0 Å². The number of hydrogen-bond acceptors (Lipinski definition) is 3. The van der Waals surface area contributed by atoms with Crippen LogP contribution in [-0.2, 0) is 0 Å². The van der Waals surface area contributed by atoms with Crippen LogP contribution >= 0.6 is 11.6 Å². The Kier molecular flexibility index (Phi) is 4.44. The molecule has 1 heterocycles. The molecule has 0 N–H and O–H groups in total. The summed E-state index contributed by atoms with van der Waals surface area (Å²) in [4.78, 5) is 12.6. The van der Waals surface area contributed by atoms with E-state index in [1.165, 1.54) is 4.68 Å². The third-order valence-corrected chi connectivity index (χ3v) is 3.68. The van der Waals surface area contributed by atoms with Gasteiger partial charge in [-0.05, 0) is 49.4 Å². The van der Waals surface area contributed by atoms with Crippen molar-refractivity contribution in [2.45, 2.75) is 13.0 Å². The molecule has 1 atom stereocenters. The summed E-state index contributed by atoms with van der Waals surface area (Å²) in [5, 5.41) is 4.78. The van der Waals surface area contributed by atoms with E-state index < -0.39 is 0 Å². The second kappa shape index (κ2) is 6.67. The number of carbonyl (C=O) groups excluding carboxylic acids is 1. The van der Waals surface area contributed by atoms with Gasteiger partial charge in [-0.1, -0.05) is 29.8 Å². The second-order valence-electron chi connectivity index (χ2n) is 5.05. The molecular formula is C18H15ClN2O2. The van der Waals surface area contributed by atoms with Gasteiger partial charge in [0.15, 0.2) is 0 Å². The van der Waals surface area contributed by atoms with E-state index in [2.05, 4.69) is 5.10 Å². The minimum atomic E-state index is -0.327. The predicted molar refractivity (Wildman–Crippen MR) is 88.9 cm³/mol. The van der Waals surface area contributed by atoms with Gasteiger partial charge in [-0.2, -0.15) is 9.78 Å². The van der Waals surface area contributed by atoms with Crippen molar-refractivity contribution in [3.8, 4) is 5.75 Å². The fraction of sp³-hybridized carbons (Fsp3) is 0.111. The summed E-state index contributed by atoms with van der Waals surface area (Å²) in [5.74, 6) is 0.499. The molecular weight excluding hydrogens is 312 g/mol. The lowest BCUT2D eigenvalue weighted by Gasteiger charge is -2.16. The average molecular weight is 327 g/mol. The quantitative estimate of drug-likeness (QED) is 0.715. The molecule has 0 bridgehead atoms. The molecule has 4 nitrogen and oxygen atoms in total. The molecule has 3 rings (SSSR count). The number of nitrogens with zero attached hydrogens (tertiary/aromatic N) is 2. The molecule has 0 aliphatic carbocycles. The lowest BCUT2D eigenvalue weighted by Crippen LogP contribution is -2.19. The van der Waals surface area contributed by atoms with Crippen molar-refractivity contribution >= 4 is 17.5 Å². The summed E-state index contributed by atoms with van der Waals surface area (Å²) in [5.41, 5.74) is 1.27. The van der Waals surface area contributed by atoms with E-state index in [1.54, 1.807) is 48.7 Å². The molecule has 0 aliphatic rings. The summed E-state index contributed by atoms with van der Waals surface area (Å²) in [6.45, 7) is 1.88. The van der Waals surface area contributed by atoms with Crippen LogP contribution in [0.4, 0.5) is 0 Å². The second-order valence-corrected chi connectivity index (χ2v) is 5.49. The Hall–Kier alpha value is -2.59. The smallest absolute Gasteiger partial charge is 0.278 e. The molecule has 0 spiro atoms. The summed E-state index contributed by atoms with van der Waals surface area (Å²) in [6.07, 6.45) is 1.27. The van der Waals surface area contributed by atoms with Gasteiger partial charge in [0.25, 0.3) is 5.91 Å². The van der Waals surface area contributed by atoms with Crippen molar-refractivity contribution in [1.82, 2.24) is 9.78 Å². The summed E-state index contributed by atoms with van der Waals surface area (Å²) < 4.78 is 7.24. The largest absolute Gasteiger partial charge is 0.484 e. The van der Waals surface area contributed by atoms with Crippen LogP contribution in [0.5, 0.6) is 5.75 Å². The third kappa shape index (κ3) is 3.43. The highest BCUT2D eigenvalue weighted by molar-refractivity contribution is 6.30. The zero-order valence-electron chi connectivity index (χ0n) is 12.5. The van der Waals surface area contributed by atoms with Crippen molar-refractivity contribution in [2.24, 2.45) is 0 Å². The summed E-state index contributed by atoms with van der Waals surface area (Å²) in [6, 6.07) is 17.9. The van der Waals surface area contributed by atoms with Gasteiger partial charge in [0.1, 0.15) is 11.9 Å². The van der Waals surface area contributed by atoms with Gasteiger partial charge < -0.3 is 4.74 Å². The molecule has 23 heavy (non-hydrogen) atoms. The highest BCUT2D eigenvalue weighted by Crippen LogP contribution is 2.23. The van der Waals surface area contributed by atoms with Gasteiger partial charge in [0.05, 0.1) is 5.69 Å². The van der Waals surface area contributed by atoms with E-state index in [-0.39, 0.29) is 12.0 Å². The van der Waals surface area contributed by atoms with E-state index in [9.17, 15) is 4.79 Å². The summed E-state index contributed by atoms with van der Waals surface area (Å²) >= 11 is 5.87. The van der Waals surface area contributed by atoms with Crippen molar-refractivity contribution in [2.75, 3.05) is 0 Å². The molecule has 0 radical (unpaired) electrons. The van der Waals surface area contributed by atoms with E-state index in [1.807, 2.05) is 25.1 Å². The van der Waals surface area contributed by atoms with E-state index in [4.69, 9.17) is 16.3 Å². The predicted octanol–water partition coefficient (Wildman–Crippen LogP) is 4.37. The van der Waals surface area contributed by atoms with Crippen LogP contribution in [0.25, 0.3) is 0 Å². The van der Waals surface area contributed by atoms with Gasteiger partial charge >= 0.3 is 0 Å². The van der Waals surface area contributed by atoms with Crippen molar-refractivity contribution in [3.05, 3.63) is 83.1 Å². The number of rotatable bonds is 4. The highest BCUT2D eigenvalue weighted by atomic mass is 35.5. The van der Waals surface area contributed by atoms with E-state index >= 15 is 0 Å². The monoisotopic (exact) mass is 326 g/mol. The molecule has 0 amide bonds. The third-order valence-electron chi connectivity index (χ3n) is 3.43. The van der Waals surface area contributed by atoms with Crippen molar-refractivity contribution in [1.29, 1.82) is 0 Å². The molecule has 116 valence electrons. The zero-order valence-corrected chi connectivity index (χ0v) is 13.3.